The molecule has 2 heterocycles. The molecule has 0 fully saturated rings. The molecular weight excluding hydrogens is 590 g/mol. The van der Waals surface area contributed by atoms with Crippen molar-refractivity contribution in [3.63, 3.8) is 0 Å². The highest BCUT2D eigenvalue weighted by atomic mass is 32.2. The monoisotopic (exact) mass is 623 g/mol. The number of benzene rings is 2. The molecular formula is C30H33F4N3O5S. The third-order valence-electron chi connectivity index (χ3n) is 6.93. The summed E-state index contributed by atoms with van der Waals surface area (Å²) in [5, 5.41) is 11.0. The van der Waals surface area contributed by atoms with E-state index in [0.717, 1.165) is 17.9 Å². The van der Waals surface area contributed by atoms with E-state index in [1.807, 2.05) is 30.3 Å². The standard InChI is InChI=1S/C23H25F4N3O4S.C7H8O/c1-4-35(33,34)19-8-13-7-15(30-18(13)11-29-19)10-22(32,23(25,26)27)12-21(2,3)17-6-5-14(24)9-16(17)20(28)31;1-8-7-5-3-2-4-6-7/h5-9,11,30,32H,4,10,12H2,1-3H3,(H2,28,31);2-6H,1H3/t22-;/m0./s1. The van der Waals surface area contributed by atoms with Crippen LogP contribution in [0.2, 0.25) is 0 Å². The number of ether oxygens (including phenoxy) is 1. The van der Waals surface area contributed by atoms with Crippen LogP contribution in [-0.4, -0.2) is 54.0 Å². The number of hydrogen-bond acceptors (Lipinski definition) is 6. The Kier molecular flexibility index (Phi) is 9.92. The molecule has 4 rings (SSSR count). The van der Waals surface area contributed by atoms with E-state index in [4.69, 9.17) is 10.5 Å². The highest BCUT2D eigenvalue weighted by Gasteiger charge is 2.56. The molecule has 4 N–H and O–H groups in total. The molecule has 0 aliphatic heterocycles. The fourth-order valence-electron chi connectivity index (χ4n) is 4.76. The average molecular weight is 624 g/mol. The number of sulfone groups is 1. The normalized spacial score (nSPS) is 13.6. The molecule has 0 unspecified atom stereocenters. The molecule has 1 amide bonds. The van der Waals surface area contributed by atoms with Gasteiger partial charge in [0.05, 0.1) is 24.6 Å². The van der Waals surface area contributed by atoms with E-state index in [-0.39, 0.29) is 27.6 Å². The van der Waals surface area contributed by atoms with Crippen LogP contribution >= 0.6 is 0 Å². The Morgan fingerprint density at radius 3 is 2.26 bits per heavy atom. The van der Waals surface area contributed by atoms with Gasteiger partial charge in [-0.1, -0.05) is 45.0 Å². The third kappa shape index (κ3) is 7.90. The third-order valence-corrected chi connectivity index (χ3v) is 8.56. The molecule has 13 heteroatoms. The minimum Gasteiger partial charge on any atom is -0.497 e. The smallest absolute Gasteiger partial charge is 0.417 e. The summed E-state index contributed by atoms with van der Waals surface area (Å²) in [6.45, 7) is 4.22. The van der Waals surface area contributed by atoms with Gasteiger partial charge < -0.3 is 20.6 Å². The lowest BCUT2D eigenvalue weighted by Gasteiger charge is -2.38. The number of methoxy groups -OCH3 is 1. The number of primary amides is 1. The number of alkyl halides is 3. The first-order chi connectivity index (χ1) is 19.9. The molecule has 0 saturated carbocycles. The van der Waals surface area contributed by atoms with Gasteiger partial charge in [-0.25, -0.2) is 17.8 Å². The summed E-state index contributed by atoms with van der Waals surface area (Å²) in [6, 6.07) is 15.3. The number of fused-ring (bicyclic) bond motifs is 1. The summed E-state index contributed by atoms with van der Waals surface area (Å²) in [7, 11) is -1.96. The number of amides is 1. The van der Waals surface area contributed by atoms with Crippen LogP contribution in [0.4, 0.5) is 17.6 Å². The van der Waals surface area contributed by atoms with Crippen molar-refractivity contribution in [3.05, 3.63) is 89.5 Å². The molecule has 0 aliphatic rings. The van der Waals surface area contributed by atoms with Crippen molar-refractivity contribution < 1.29 is 40.6 Å². The molecule has 2 aromatic carbocycles. The number of halogens is 4. The minimum absolute atomic E-state index is 0.00213. The van der Waals surface area contributed by atoms with E-state index < -0.39 is 51.6 Å². The van der Waals surface area contributed by atoms with Gasteiger partial charge in [-0.2, -0.15) is 13.2 Å². The highest BCUT2D eigenvalue weighted by molar-refractivity contribution is 7.91. The van der Waals surface area contributed by atoms with Crippen molar-refractivity contribution in [2.45, 2.75) is 55.8 Å². The zero-order valence-electron chi connectivity index (χ0n) is 24.0. The Morgan fingerprint density at radius 2 is 1.72 bits per heavy atom. The quantitative estimate of drug-likeness (QED) is 0.211. The predicted octanol–water partition coefficient (Wildman–Crippen LogP) is 5.49. The number of aromatic amines is 1. The second kappa shape index (κ2) is 12.7. The first-order valence-electron chi connectivity index (χ1n) is 13.1. The lowest BCUT2D eigenvalue weighted by molar-refractivity contribution is -0.266. The Balaban J connectivity index is 0.000000546. The van der Waals surface area contributed by atoms with Gasteiger partial charge in [0, 0.05) is 23.1 Å². The molecule has 2 aromatic heterocycles. The van der Waals surface area contributed by atoms with Gasteiger partial charge in [-0.15, -0.1) is 0 Å². The van der Waals surface area contributed by atoms with Gasteiger partial charge in [0.25, 0.3) is 0 Å². The molecule has 43 heavy (non-hydrogen) atoms. The topological polar surface area (TPSA) is 135 Å². The lowest BCUT2D eigenvalue weighted by atomic mass is 9.72. The van der Waals surface area contributed by atoms with E-state index in [1.54, 1.807) is 7.11 Å². The average Bonchev–Trinajstić information content (AvgIpc) is 3.33. The number of carbonyl (C=O) groups excluding carboxylic acids is 1. The van der Waals surface area contributed by atoms with Crippen LogP contribution in [0.1, 0.15) is 48.8 Å². The number of rotatable bonds is 9. The van der Waals surface area contributed by atoms with Crippen LogP contribution < -0.4 is 10.5 Å². The molecule has 0 radical (unpaired) electrons. The van der Waals surface area contributed by atoms with E-state index in [0.29, 0.717) is 10.9 Å². The van der Waals surface area contributed by atoms with E-state index in [9.17, 15) is 35.9 Å². The van der Waals surface area contributed by atoms with Crippen molar-refractivity contribution in [1.29, 1.82) is 0 Å². The summed E-state index contributed by atoms with van der Waals surface area (Å²) in [5.41, 5.74) is 0.681. The van der Waals surface area contributed by atoms with Crippen LogP contribution in [0.15, 0.2) is 71.9 Å². The van der Waals surface area contributed by atoms with Crippen molar-refractivity contribution >= 4 is 26.6 Å². The molecule has 0 spiro atoms. The van der Waals surface area contributed by atoms with Crippen molar-refractivity contribution in [2.75, 3.05) is 12.9 Å². The number of H-pyrrole nitrogens is 1. The fourth-order valence-corrected chi connectivity index (χ4v) is 5.57. The van der Waals surface area contributed by atoms with Gasteiger partial charge in [-0.3, -0.25) is 4.79 Å². The van der Waals surface area contributed by atoms with Crippen LogP contribution in [-0.2, 0) is 21.7 Å². The summed E-state index contributed by atoms with van der Waals surface area (Å²) in [6.07, 6.45) is -5.64. The number of carbonyl (C=O) groups is 1. The number of aliphatic hydroxyl groups is 1. The van der Waals surface area contributed by atoms with Crippen molar-refractivity contribution in [2.24, 2.45) is 5.73 Å². The summed E-state index contributed by atoms with van der Waals surface area (Å²) >= 11 is 0. The number of para-hydroxylation sites is 1. The molecule has 1 atom stereocenters. The van der Waals surface area contributed by atoms with Crippen LogP contribution in [0, 0.1) is 5.82 Å². The molecule has 4 aromatic rings. The van der Waals surface area contributed by atoms with Crippen molar-refractivity contribution in [3.8, 4) is 5.75 Å². The largest absolute Gasteiger partial charge is 0.497 e. The van der Waals surface area contributed by atoms with Gasteiger partial charge in [0.1, 0.15) is 11.6 Å². The predicted molar refractivity (Wildman–Crippen MR) is 154 cm³/mol. The summed E-state index contributed by atoms with van der Waals surface area (Å²) < 4.78 is 85.3. The van der Waals surface area contributed by atoms with Crippen LogP contribution in [0.3, 0.4) is 0 Å². The van der Waals surface area contributed by atoms with Gasteiger partial charge in [0.2, 0.25) is 5.91 Å². The first kappa shape index (κ1) is 33.5. The van der Waals surface area contributed by atoms with E-state index in [1.165, 1.54) is 45.2 Å². The summed E-state index contributed by atoms with van der Waals surface area (Å²) in [5.74, 6) is -1.07. The Hall–Kier alpha value is -3.97. The molecule has 0 saturated heterocycles. The van der Waals surface area contributed by atoms with E-state index in [2.05, 4.69) is 9.97 Å². The number of pyridine rings is 1. The molecule has 8 nitrogen and oxygen atoms in total. The number of nitrogens with zero attached hydrogens (tertiary/aromatic N) is 1. The maximum Gasteiger partial charge on any atom is 0.417 e. The zero-order chi connectivity index (χ0) is 32.2. The second-order valence-corrected chi connectivity index (χ2v) is 12.9. The Labute approximate surface area is 246 Å². The highest BCUT2D eigenvalue weighted by Crippen LogP contribution is 2.44. The summed E-state index contributed by atoms with van der Waals surface area (Å²) in [4.78, 5) is 18.4. The second-order valence-electron chi connectivity index (χ2n) is 10.6. The fraction of sp³-hybridized carbons (Fsp3) is 0.333. The number of nitrogens with one attached hydrogen (secondary N) is 1. The molecule has 0 bridgehead atoms. The molecule has 232 valence electrons. The minimum atomic E-state index is -5.08. The Bertz CT molecular complexity index is 1690. The Morgan fingerprint density at radius 1 is 1.07 bits per heavy atom. The van der Waals surface area contributed by atoms with Gasteiger partial charge >= 0.3 is 6.18 Å². The van der Waals surface area contributed by atoms with Crippen LogP contribution in [0.5, 0.6) is 5.75 Å². The SMILES string of the molecule is CCS(=O)(=O)c1cc2cc(C[C@](O)(CC(C)(C)c3ccc(F)cc3C(N)=O)C(F)(F)F)[nH]c2cn1.COc1ccccc1. The van der Waals surface area contributed by atoms with E-state index >= 15 is 0 Å². The van der Waals surface area contributed by atoms with Crippen LogP contribution in [0.25, 0.3) is 10.9 Å². The maximum absolute atomic E-state index is 14.2. The lowest BCUT2D eigenvalue weighted by Crippen LogP contribution is -2.51. The number of nitrogens with two attached hydrogens (primary N) is 1. The number of hydrogen-bond donors (Lipinski definition) is 3. The maximum atomic E-state index is 14.2. The molecule has 0 aliphatic carbocycles. The van der Waals surface area contributed by atoms with Gasteiger partial charge in [0.15, 0.2) is 20.5 Å². The zero-order valence-corrected chi connectivity index (χ0v) is 24.8. The van der Waals surface area contributed by atoms with Gasteiger partial charge in [-0.05, 0) is 53.8 Å². The first-order valence-corrected chi connectivity index (χ1v) is 14.8. The van der Waals surface area contributed by atoms with Crippen molar-refractivity contribution in [1.82, 2.24) is 9.97 Å². The number of aromatic nitrogens is 2.